The van der Waals surface area contributed by atoms with Gasteiger partial charge in [0.1, 0.15) is 12.2 Å². The zero-order valence-electron chi connectivity index (χ0n) is 7.48. The van der Waals surface area contributed by atoms with Gasteiger partial charge in [0.15, 0.2) is 12.1 Å². The van der Waals surface area contributed by atoms with E-state index in [1.807, 2.05) is 20.8 Å². The van der Waals surface area contributed by atoms with E-state index in [0.29, 0.717) is 0 Å². The molecule has 0 amide bonds. The average Bonchev–Trinajstić information content (AvgIpc) is 2.34. The number of hydrogen-bond donors (Lipinski definition) is 1. The molecule has 2 heterocycles. The molecular formula is C8H14O4. The van der Waals surface area contributed by atoms with Gasteiger partial charge in [0, 0.05) is 0 Å². The Labute approximate surface area is 71.4 Å². The fraction of sp³-hybridized carbons (Fsp3) is 1.00. The van der Waals surface area contributed by atoms with E-state index in [9.17, 15) is 5.11 Å². The van der Waals surface area contributed by atoms with Crippen LogP contribution in [0.4, 0.5) is 0 Å². The fourth-order valence-corrected chi connectivity index (χ4v) is 1.78. The molecule has 4 heteroatoms. The highest BCUT2D eigenvalue weighted by atomic mass is 16.8. The predicted molar refractivity (Wildman–Crippen MR) is 40.4 cm³/mol. The van der Waals surface area contributed by atoms with E-state index >= 15 is 0 Å². The Morgan fingerprint density at radius 2 is 1.75 bits per heavy atom. The molecule has 0 bridgehead atoms. The molecule has 0 aromatic rings. The van der Waals surface area contributed by atoms with Crippen LogP contribution in [0.25, 0.3) is 0 Å². The van der Waals surface area contributed by atoms with Gasteiger partial charge in [0.2, 0.25) is 0 Å². The minimum absolute atomic E-state index is 0.0909. The first-order chi connectivity index (χ1) is 5.49. The van der Waals surface area contributed by atoms with E-state index in [1.54, 1.807) is 0 Å². The molecule has 0 aromatic heterocycles. The largest absolute Gasteiger partial charge is 0.366 e. The minimum Gasteiger partial charge on any atom is -0.366 e. The number of rotatable bonds is 0. The molecule has 2 fully saturated rings. The van der Waals surface area contributed by atoms with E-state index in [4.69, 9.17) is 14.2 Å². The molecular weight excluding hydrogens is 160 g/mol. The van der Waals surface area contributed by atoms with Crippen LogP contribution < -0.4 is 0 Å². The van der Waals surface area contributed by atoms with Crippen LogP contribution in [0, 0.1) is 0 Å². The summed E-state index contributed by atoms with van der Waals surface area (Å²) in [6.07, 6.45) is -1.39. The van der Waals surface area contributed by atoms with E-state index in [2.05, 4.69) is 0 Å². The molecule has 2 rings (SSSR count). The first-order valence-corrected chi connectivity index (χ1v) is 4.19. The van der Waals surface area contributed by atoms with Gasteiger partial charge in [-0.25, -0.2) is 0 Å². The predicted octanol–water partition coefficient (Wildman–Crippen LogP) is 0.244. The molecule has 0 spiro atoms. The monoisotopic (exact) mass is 174 g/mol. The Balaban J connectivity index is 2.15. The molecule has 70 valence electrons. The third-order valence-corrected chi connectivity index (χ3v) is 2.26. The summed E-state index contributed by atoms with van der Waals surface area (Å²) >= 11 is 0. The van der Waals surface area contributed by atoms with Crippen LogP contribution in [0.15, 0.2) is 0 Å². The van der Waals surface area contributed by atoms with Gasteiger partial charge < -0.3 is 19.3 Å². The van der Waals surface area contributed by atoms with Gasteiger partial charge in [-0.1, -0.05) is 0 Å². The van der Waals surface area contributed by atoms with Gasteiger partial charge in [0.05, 0.1) is 6.10 Å². The lowest BCUT2D eigenvalue weighted by molar-refractivity contribution is -0.217. The lowest BCUT2D eigenvalue weighted by Gasteiger charge is -2.20. The molecule has 4 nitrogen and oxygen atoms in total. The molecule has 0 radical (unpaired) electrons. The van der Waals surface area contributed by atoms with Crippen LogP contribution in [-0.4, -0.2) is 35.5 Å². The first-order valence-electron chi connectivity index (χ1n) is 4.19. The molecule has 0 aromatic carbocycles. The summed E-state index contributed by atoms with van der Waals surface area (Å²) in [6.45, 7) is 5.55. The number of aliphatic hydroxyl groups is 1. The van der Waals surface area contributed by atoms with Gasteiger partial charge in [0.25, 0.3) is 0 Å². The van der Waals surface area contributed by atoms with Crippen molar-refractivity contribution >= 4 is 0 Å². The summed E-state index contributed by atoms with van der Waals surface area (Å²) in [6, 6.07) is 0. The highest BCUT2D eigenvalue weighted by Crippen LogP contribution is 2.37. The van der Waals surface area contributed by atoms with Gasteiger partial charge in [-0.3, -0.25) is 0 Å². The molecule has 4 atom stereocenters. The van der Waals surface area contributed by atoms with Gasteiger partial charge in [-0.15, -0.1) is 0 Å². The quantitative estimate of drug-likeness (QED) is 0.571. The van der Waals surface area contributed by atoms with Crippen LogP contribution >= 0.6 is 0 Å². The minimum atomic E-state index is -0.841. The molecule has 0 aliphatic carbocycles. The second kappa shape index (κ2) is 2.42. The zero-order valence-corrected chi connectivity index (χ0v) is 7.48. The molecule has 2 aliphatic rings. The Morgan fingerprint density at radius 3 is 2.33 bits per heavy atom. The summed E-state index contributed by atoms with van der Waals surface area (Å²) in [5.41, 5.74) is 0. The van der Waals surface area contributed by atoms with E-state index in [-0.39, 0.29) is 18.3 Å². The molecule has 2 saturated heterocycles. The van der Waals surface area contributed by atoms with Crippen molar-refractivity contribution in [2.24, 2.45) is 0 Å². The Kier molecular flexibility index (Phi) is 1.70. The maximum Gasteiger partial charge on any atom is 0.184 e. The maximum atomic E-state index is 9.37. The lowest BCUT2D eigenvalue weighted by atomic mass is 10.2. The van der Waals surface area contributed by atoms with Crippen LogP contribution in [0.3, 0.4) is 0 Å². The fourth-order valence-electron chi connectivity index (χ4n) is 1.78. The summed E-state index contributed by atoms with van der Waals surface area (Å²) in [5, 5.41) is 9.37. The van der Waals surface area contributed by atoms with Crippen LogP contribution in [-0.2, 0) is 14.2 Å². The molecule has 1 N–H and O–H groups in total. The van der Waals surface area contributed by atoms with Gasteiger partial charge in [-0.2, -0.15) is 0 Å². The summed E-state index contributed by atoms with van der Waals surface area (Å²) < 4.78 is 16.1. The van der Waals surface area contributed by atoms with E-state index in [0.717, 1.165) is 0 Å². The number of hydrogen-bond acceptors (Lipinski definition) is 4. The van der Waals surface area contributed by atoms with Crippen molar-refractivity contribution in [2.75, 3.05) is 0 Å². The molecule has 3 unspecified atom stereocenters. The average molecular weight is 174 g/mol. The second-order valence-electron chi connectivity index (χ2n) is 3.80. The lowest BCUT2D eigenvalue weighted by Crippen LogP contribution is -2.29. The number of fused-ring (bicyclic) bond motifs is 1. The van der Waals surface area contributed by atoms with Crippen molar-refractivity contribution < 1.29 is 19.3 Å². The van der Waals surface area contributed by atoms with Crippen molar-refractivity contribution in [3.63, 3.8) is 0 Å². The molecule has 2 aliphatic heterocycles. The first kappa shape index (κ1) is 8.44. The standard InChI is InChI=1S/C8H14O4/c1-4-5-6(7(9)10-4)12-8(2,3)11-5/h4-7,9H,1-3H3/t4?,5?,6-,7?/m1/s1. The normalized spacial score (nSPS) is 51.0. The van der Waals surface area contributed by atoms with Crippen molar-refractivity contribution in [2.45, 2.75) is 51.2 Å². The van der Waals surface area contributed by atoms with Crippen LogP contribution in [0.1, 0.15) is 20.8 Å². The van der Waals surface area contributed by atoms with Crippen LogP contribution in [0.5, 0.6) is 0 Å². The zero-order chi connectivity index (χ0) is 8.93. The van der Waals surface area contributed by atoms with E-state index < -0.39 is 12.1 Å². The highest BCUT2D eigenvalue weighted by molar-refractivity contribution is 4.92. The smallest absolute Gasteiger partial charge is 0.184 e. The molecule has 12 heavy (non-hydrogen) atoms. The Hall–Kier alpha value is -0.160. The maximum absolute atomic E-state index is 9.37. The van der Waals surface area contributed by atoms with Crippen molar-refractivity contribution in [1.29, 1.82) is 0 Å². The van der Waals surface area contributed by atoms with Gasteiger partial charge in [-0.05, 0) is 20.8 Å². The second-order valence-corrected chi connectivity index (χ2v) is 3.80. The summed E-state index contributed by atoms with van der Waals surface area (Å²) in [5.74, 6) is -0.589. The summed E-state index contributed by atoms with van der Waals surface area (Å²) in [4.78, 5) is 0. The third kappa shape index (κ3) is 1.15. The Bertz CT molecular complexity index is 173. The summed E-state index contributed by atoms with van der Waals surface area (Å²) in [7, 11) is 0. The van der Waals surface area contributed by atoms with Crippen molar-refractivity contribution in [1.82, 2.24) is 0 Å². The molecule has 0 saturated carbocycles. The van der Waals surface area contributed by atoms with Crippen molar-refractivity contribution in [3.05, 3.63) is 0 Å². The Morgan fingerprint density at radius 1 is 1.17 bits per heavy atom. The van der Waals surface area contributed by atoms with Crippen molar-refractivity contribution in [3.8, 4) is 0 Å². The highest BCUT2D eigenvalue weighted by Gasteiger charge is 2.53. The van der Waals surface area contributed by atoms with Crippen LogP contribution in [0.2, 0.25) is 0 Å². The van der Waals surface area contributed by atoms with E-state index in [1.165, 1.54) is 0 Å². The number of ether oxygens (including phenoxy) is 3. The number of aliphatic hydroxyl groups excluding tert-OH is 1. The topological polar surface area (TPSA) is 47.9 Å². The SMILES string of the molecule is CC1OC(O)[C@@H]2OC(C)(C)OC12. The van der Waals surface area contributed by atoms with Gasteiger partial charge >= 0.3 is 0 Å². The third-order valence-electron chi connectivity index (χ3n) is 2.26.